The highest BCUT2D eigenvalue weighted by atomic mass is 19.1. The minimum absolute atomic E-state index is 0.167. The Hall–Kier alpha value is -3.39. The second-order valence-corrected chi connectivity index (χ2v) is 8.51. The molecule has 3 N–H and O–H groups in total. The second-order valence-electron chi connectivity index (χ2n) is 8.51. The number of rotatable bonds is 7. The fourth-order valence-electron chi connectivity index (χ4n) is 4.09. The predicted molar refractivity (Wildman–Crippen MR) is 129 cm³/mol. The molecule has 1 aromatic heterocycles. The number of pyridine rings is 1. The molecular weight excluding hydrogens is 421 g/mol. The molecule has 2 aliphatic heterocycles. The Morgan fingerprint density at radius 3 is 2.94 bits per heavy atom. The van der Waals surface area contributed by atoms with Crippen LogP contribution in [0.1, 0.15) is 18.9 Å². The summed E-state index contributed by atoms with van der Waals surface area (Å²) in [5, 5.41) is 15.7. The van der Waals surface area contributed by atoms with Crippen LogP contribution in [0.15, 0.2) is 60.3 Å². The van der Waals surface area contributed by atoms with E-state index in [9.17, 15) is 14.3 Å². The molecule has 1 aromatic carbocycles. The van der Waals surface area contributed by atoms with Gasteiger partial charge in [0.15, 0.2) is 5.82 Å². The number of nitrogens with one attached hydrogen (secondary N) is 2. The first-order valence-electron chi connectivity index (χ1n) is 11.3. The molecule has 8 heteroatoms. The van der Waals surface area contributed by atoms with Gasteiger partial charge < -0.3 is 20.6 Å². The van der Waals surface area contributed by atoms with Crippen LogP contribution in [-0.2, 0) is 6.42 Å². The Morgan fingerprint density at radius 1 is 1.30 bits per heavy atom. The summed E-state index contributed by atoms with van der Waals surface area (Å²) in [4.78, 5) is 21.4. The fourth-order valence-corrected chi connectivity index (χ4v) is 4.09. The first-order valence-corrected chi connectivity index (χ1v) is 11.3. The van der Waals surface area contributed by atoms with Crippen molar-refractivity contribution in [3.05, 3.63) is 71.7 Å². The summed E-state index contributed by atoms with van der Waals surface area (Å²) >= 11 is 0. The summed E-state index contributed by atoms with van der Waals surface area (Å²) in [5.41, 5.74) is 2.47. The number of allylic oxidation sites excluding steroid dienone is 2. The maximum absolute atomic E-state index is 13.5. The Bertz CT molecular complexity index is 1050. The smallest absolute Gasteiger partial charge is 0.326 e. The minimum Gasteiger partial charge on any atom is -0.396 e. The van der Waals surface area contributed by atoms with E-state index in [1.54, 1.807) is 11.0 Å². The molecule has 0 aliphatic carbocycles. The average molecular weight is 452 g/mol. The van der Waals surface area contributed by atoms with Crippen molar-refractivity contribution in [1.82, 2.24) is 9.88 Å². The van der Waals surface area contributed by atoms with Gasteiger partial charge in [-0.05, 0) is 55.2 Å². The standard InChI is InChI=1S/C25H30FN5O2/c1-18-4-3-12-31(15-18)25(33)28-22-7-8-23(30-13-10-20(16-30)17-32)29-24(22)27-11-9-19-5-2-6-21(26)14-19/h2-8,14-15,20,32H,9-13,16-17H2,1H3,(H,27,29)(H,28,33)/t20-/m1/s1. The van der Waals surface area contributed by atoms with Gasteiger partial charge in [-0.3, -0.25) is 4.90 Å². The molecule has 2 aliphatic rings. The van der Waals surface area contributed by atoms with Gasteiger partial charge in [0.25, 0.3) is 0 Å². The van der Waals surface area contributed by atoms with Gasteiger partial charge in [-0.1, -0.05) is 24.3 Å². The van der Waals surface area contributed by atoms with Crippen molar-refractivity contribution in [2.75, 3.05) is 48.3 Å². The predicted octanol–water partition coefficient (Wildman–Crippen LogP) is 4.00. The van der Waals surface area contributed by atoms with Gasteiger partial charge in [0, 0.05) is 44.9 Å². The number of anilines is 3. The SMILES string of the molecule is CC1=CN(C(=O)Nc2ccc(N3CC[C@@H](CO)C3)nc2NCCc2cccc(F)c2)CC=C1. The van der Waals surface area contributed by atoms with E-state index in [4.69, 9.17) is 4.98 Å². The van der Waals surface area contributed by atoms with Crippen LogP contribution in [0.4, 0.5) is 26.5 Å². The third-order valence-electron chi connectivity index (χ3n) is 5.89. The molecule has 174 valence electrons. The van der Waals surface area contributed by atoms with Gasteiger partial charge in [0.05, 0.1) is 5.69 Å². The van der Waals surface area contributed by atoms with Crippen molar-refractivity contribution in [2.45, 2.75) is 19.8 Å². The number of hydrogen-bond acceptors (Lipinski definition) is 5. The second kappa shape index (κ2) is 10.5. The van der Waals surface area contributed by atoms with Crippen LogP contribution in [0.3, 0.4) is 0 Å². The molecule has 3 heterocycles. The van der Waals surface area contributed by atoms with Crippen molar-refractivity contribution in [3.8, 4) is 0 Å². The van der Waals surface area contributed by atoms with Crippen LogP contribution in [0.5, 0.6) is 0 Å². The maximum atomic E-state index is 13.5. The first kappa shape index (κ1) is 22.8. The first-order chi connectivity index (χ1) is 16.0. The highest BCUT2D eigenvalue weighted by Crippen LogP contribution is 2.28. The number of benzene rings is 1. The molecule has 33 heavy (non-hydrogen) atoms. The molecular formula is C25H30FN5O2. The number of carbonyl (C=O) groups is 1. The van der Waals surface area contributed by atoms with E-state index in [-0.39, 0.29) is 24.4 Å². The number of aliphatic hydroxyl groups excluding tert-OH is 1. The van der Waals surface area contributed by atoms with Crippen LogP contribution in [-0.4, -0.2) is 53.8 Å². The highest BCUT2D eigenvalue weighted by Gasteiger charge is 2.24. The van der Waals surface area contributed by atoms with Gasteiger partial charge in [0.2, 0.25) is 0 Å². The molecule has 0 spiro atoms. The van der Waals surface area contributed by atoms with E-state index < -0.39 is 0 Å². The van der Waals surface area contributed by atoms with E-state index >= 15 is 0 Å². The zero-order chi connectivity index (χ0) is 23.2. The zero-order valence-electron chi connectivity index (χ0n) is 18.8. The fraction of sp³-hybridized carbons (Fsp3) is 0.360. The van der Waals surface area contributed by atoms with Gasteiger partial charge in [-0.25, -0.2) is 14.2 Å². The molecule has 1 atom stereocenters. The Morgan fingerprint density at radius 2 is 2.18 bits per heavy atom. The Labute approximate surface area is 193 Å². The molecule has 7 nitrogen and oxygen atoms in total. The number of hydrogen-bond donors (Lipinski definition) is 3. The van der Waals surface area contributed by atoms with E-state index in [0.717, 1.165) is 36.5 Å². The van der Waals surface area contributed by atoms with E-state index in [0.29, 0.717) is 31.0 Å². The number of halogens is 1. The average Bonchev–Trinajstić information content (AvgIpc) is 3.29. The maximum Gasteiger partial charge on any atom is 0.326 e. The van der Waals surface area contributed by atoms with Gasteiger partial charge >= 0.3 is 6.03 Å². The number of aliphatic hydroxyl groups is 1. The Kier molecular flexibility index (Phi) is 7.24. The van der Waals surface area contributed by atoms with Gasteiger partial charge in [0.1, 0.15) is 11.6 Å². The van der Waals surface area contributed by atoms with Crippen molar-refractivity contribution in [3.63, 3.8) is 0 Å². The molecule has 2 aromatic rings. The summed E-state index contributed by atoms with van der Waals surface area (Å²) < 4.78 is 13.5. The number of urea groups is 1. The lowest BCUT2D eigenvalue weighted by Gasteiger charge is -2.23. The molecule has 0 radical (unpaired) electrons. The number of aromatic nitrogens is 1. The van der Waals surface area contributed by atoms with Gasteiger partial charge in [-0.15, -0.1) is 0 Å². The van der Waals surface area contributed by atoms with Crippen molar-refractivity contribution in [1.29, 1.82) is 0 Å². The van der Waals surface area contributed by atoms with Crippen molar-refractivity contribution >= 4 is 23.4 Å². The third-order valence-corrected chi connectivity index (χ3v) is 5.89. The monoisotopic (exact) mass is 451 g/mol. The largest absolute Gasteiger partial charge is 0.396 e. The summed E-state index contributed by atoms with van der Waals surface area (Å²) in [6.45, 7) is 4.74. The van der Waals surface area contributed by atoms with E-state index in [1.807, 2.05) is 43.5 Å². The van der Waals surface area contributed by atoms with Gasteiger partial charge in [-0.2, -0.15) is 0 Å². The highest BCUT2D eigenvalue weighted by molar-refractivity contribution is 5.93. The van der Waals surface area contributed by atoms with E-state index in [2.05, 4.69) is 15.5 Å². The third kappa shape index (κ3) is 5.90. The zero-order valence-corrected chi connectivity index (χ0v) is 18.8. The topological polar surface area (TPSA) is 80.7 Å². The molecule has 0 unspecified atom stereocenters. The van der Waals surface area contributed by atoms with Crippen LogP contribution >= 0.6 is 0 Å². The molecule has 0 saturated carbocycles. The minimum atomic E-state index is -0.257. The van der Waals surface area contributed by atoms with Crippen molar-refractivity contribution in [2.24, 2.45) is 5.92 Å². The summed E-state index contributed by atoms with van der Waals surface area (Å²) in [7, 11) is 0. The number of carbonyl (C=O) groups excluding carboxylic acids is 1. The van der Waals surface area contributed by atoms with Crippen LogP contribution in [0, 0.1) is 11.7 Å². The summed E-state index contributed by atoms with van der Waals surface area (Å²) in [6.07, 6.45) is 7.28. The summed E-state index contributed by atoms with van der Waals surface area (Å²) in [5.74, 6) is 1.36. The lowest BCUT2D eigenvalue weighted by atomic mass is 10.1. The van der Waals surface area contributed by atoms with Crippen LogP contribution in [0.2, 0.25) is 0 Å². The Balaban J connectivity index is 1.50. The number of amides is 2. The molecule has 4 rings (SSSR count). The van der Waals surface area contributed by atoms with E-state index in [1.165, 1.54) is 12.1 Å². The summed E-state index contributed by atoms with van der Waals surface area (Å²) in [6, 6.07) is 10.0. The normalized spacial score (nSPS) is 17.8. The van der Waals surface area contributed by atoms with Crippen LogP contribution in [0.25, 0.3) is 0 Å². The lowest BCUT2D eigenvalue weighted by molar-refractivity contribution is 0.231. The number of nitrogens with zero attached hydrogens (tertiary/aromatic N) is 3. The molecule has 1 saturated heterocycles. The molecule has 0 bridgehead atoms. The van der Waals surface area contributed by atoms with Crippen LogP contribution < -0.4 is 15.5 Å². The van der Waals surface area contributed by atoms with Crippen molar-refractivity contribution < 1.29 is 14.3 Å². The quantitative estimate of drug-likeness (QED) is 0.593. The lowest BCUT2D eigenvalue weighted by Crippen LogP contribution is -2.32. The molecule has 1 fully saturated rings. The molecule has 2 amide bonds.